The second kappa shape index (κ2) is 5.78. The molecule has 7 nitrogen and oxygen atoms in total. The molecule has 0 radical (unpaired) electrons. The molecule has 0 saturated carbocycles. The number of nitrogens with zero attached hydrogens (tertiary/aromatic N) is 1. The molecule has 92 valence electrons. The third-order valence-corrected chi connectivity index (χ3v) is 2.02. The first-order valence-electron chi connectivity index (χ1n) is 4.84. The molecule has 1 heterocycles. The highest BCUT2D eigenvalue weighted by molar-refractivity contribution is 5.72. The lowest BCUT2D eigenvalue weighted by molar-refractivity contribution is -0.296. The van der Waals surface area contributed by atoms with Crippen LogP contribution in [-0.2, 0) is 19.3 Å². The van der Waals surface area contributed by atoms with Crippen LogP contribution in [0.1, 0.15) is 13.8 Å². The van der Waals surface area contributed by atoms with E-state index in [1.165, 1.54) is 6.92 Å². The summed E-state index contributed by atoms with van der Waals surface area (Å²) in [5, 5.41) is 19.1. The van der Waals surface area contributed by atoms with Crippen LogP contribution in [0.15, 0.2) is 4.99 Å². The maximum absolute atomic E-state index is 10.6. The third-order valence-electron chi connectivity index (χ3n) is 2.02. The van der Waals surface area contributed by atoms with Gasteiger partial charge < -0.3 is 19.8 Å². The van der Waals surface area contributed by atoms with E-state index in [2.05, 4.69) is 9.73 Å². The lowest BCUT2D eigenvalue weighted by atomic mass is 10.1. The van der Waals surface area contributed by atoms with E-state index in [0.717, 1.165) is 0 Å². The lowest BCUT2D eigenvalue weighted by Gasteiger charge is -2.26. The van der Waals surface area contributed by atoms with E-state index in [9.17, 15) is 15.0 Å². The summed E-state index contributed by atoms with van der Waals surface area (Å²) in [6, 6.07) is 0. The van der Waals surface area contributed by atoms with E-state index in [-0.39, 0.29) is 19.0 Å². The number of aliphatic hydroxyl groups excluding tert-OH is 2. The van der Waals surface area contributed by atoms with Crippen LogP contribution in [0.2, 0.25) is 0 Å². The molecule has 0 aromatic rings. The zero-order valence-electron chi connectivity index (χ0n) is 9.12. The van der Waals surface area contributed by atoms with Crippen LogP contribution >= 0.6 is 0 Å². The monoisotopic (exact) mass is 233 g/mol. The molecule has 0 aromatic carbocycles. The van der Waals surface area contributed by atoms with Crippen molar-refractivity contribution in [3.8, 4) is 0 Å². The Balaban J connectivity index is 2.59. The summed E-state index contributed by atoms with van der Waals surface area (Å²) in [6.45, 7) is 2.60. The molecule has 0 aliphatic carbocycles. The first-order valence-corrected chi connectivity index (χ1v) is 4.84. The predicted octanol–water partition coefficient (Wildman–Crippen LogP) is -0.980. The van der Waals surface area contributed by atoms with Crippen LogP contribution in [0.25, 0.3) is 0 Å². The number of rotatable bonds is 2. The van der Waals surface area contributed by atoms with Crippen molar-refractivity contribution in [3.63, 3.8) is 0 Å². The van der Waals surface area contributed by atoms with Gasteiger partial charge >= 0.3 is 5.97 Å². The number of aliphatic hydroxyl groups is 2. The zero-order valence-corrected chi connectivity index (χ0v) is 9.12. The van der Waals surface area contributed by atoms with Crippen molar-refractivity contribution in [2.75, 3.05) is 13.2 Å². The topological polar surface area (TPSA) is 97.6 Å². The predicted molar refractivity (Wildman–Crippen MR) is 52.6 cm³/mol. The molecule has 0 saturated heterocycles. The van der Waals surface area contributed by atoms with Gasteiger partial charge in [-0.05, 0) is 0 Å². The molecule has 1 aliphatic rings. The Hall–Kier alpha value is -1.18. The van der Waals surface area contributed by atoms with Crippen molar-refractivity contribution in [2.45, 2.75) is 32.2 Å². The summed E-state index contributed by atoms with van der Waals surface area (Å²) in [6.07, 6.45) is -3.25. The van der Waals surface area contributed by atoms with Crippen LogP contribution in [0.4, 0.5) is 0 Å². The SMILES string of the molecule is CC(=O)OCC1OOC(C)=NC[C@@H](O)[C@H]1O. The van der Waals surface area contributed by atoms with Crippen LogP contribution in [-0.4, -0.2) is 53.5 Å². The average Bonchev–Trinajstić information content (AvgIpc) is 2.23. The first-order chi connectivity index (χ1) is 7.50. The van der Waals surface area contributed by atoms with Gasteiger partial charge in [-0.1, -0.05) is 0 Å². The molecule has 1 aliphatic heterocycles. The second-order valence-corrected chi connectivity index (χ2v) is 3.44. The maximum Gasteiger partial charge on any atom is 0.302 e. The largest absolute Gasteiger partial charge is 0.463 e. The van der Waals surface area contributed by atoms with E-state index in [0.29, 0.717) is 0 Å². The molecule has 7 heteroatoms. The highest BCUT2D eigenvalue weighted by Crippen LogP contribution is 2.10. The summed E-state index contributed by atoms with van der Waals surface area (Å²) in [5.41, 5.74) is 0. The van der Waals surface area contributed by atoms with Gasteiger partial charge in [-0.25, -0.2) is 4.99 Å². The highest BCUT2D eigenvalue weighted by Gasteiger charge is 2.31. The third kappa shape index (κ3) is 3.76. The average molecular weight is 233 g/mol. The second-order valence-electron chi connectivity index (χ2n) is 3.44. The fourth-order valence-electron chi connectivity index (χ4n) is 1.12. The summed E-state index contributed by atoms with van der Waals surface area (Å²) in [7, 11) is 0. The van der Waals surface area contributed by atoms with Crippen LogP contribution in [0, 0.1) is 0 Å². The van der Waals surface area contributed by atoms with Gasteiger partial charge in [0.2, 0.25) is 5.90 Å². The summed E-state index contributed by atoms with van der Waals surface area (Å²) in [4.78, 5) is 23.9. The minimum Gasteiger partial charge on any atom is -0.463 e. The van der Waals surface area contributed by atoms with Gasteiger partial charge in [0.1, 0.15) is 18.8 Å². The van der Waals surface area contributed by atoms with Gasteiger partial charge in [0.05, 0.1) is 6.54 Å². The van der Waals surface area contributed by atoms with Crippen LogP contribution in [0.5, 0.6) is 0 Å². The Morgan fingerprint density at radius 3 is 2.94 bits per heavy atom. The van der Waals surface area contributed by atoms with Crippen molar-refractivity contribution in [1.82, 2.24) is 0 Å². The molecule has 0 spiro atoms. The molecule has 0 bridgehead atoms. The Morgan fingerprint density at radius 1 is 1.62 bits per heavy atom. The summed E-state index contributed by atoms with van der Waals surface area (Å²) >= 11 is 0. The Bertz CT molecular complexity index is 279. The zero-order chi connectivity index (χ0) is 12.1. The number of hydrogen-bond acceptors (Lipinski definition) is 7. The first kappa shape index (κ1) is 12.9. The van der Waals surface area contributed by atoms with Gasteiger partial charge in [-0.15, -0.1) is 0 Å². The Kier molecular flexibility index (Phi) is 4.66. The normalized spacial score (nSPS) is 30.8. The summed E-state index contributed by atoms with van der Waals surface area (Å²) in [5.74, 6) is -0.267. The van der Waals surface area contributed by atoms with Crippen molar-refractivity contribution >= 4 is 11.9 Å². The minimum atomic E-state index is -1.23. The smallest absolute Gasteiger partial charge is 0.302 e. The standard InChI is InChI=1S/C9H15NO6/c1-5-10-3-7(12)9(13)8(16-15-5)4-14-6(2)11/h7-9,12-13H,3-4H2,1-2H3/t7-,8?,9-/m1/s1. The molecule has 0 aromatic heterocycles. The van der Waals surface area contributed by atoms with Crippen molar-refractivity contribution in [3.05, 3.63) is 0 Å². The van der Waals surface area contributed by atoms with Gasteiger partial charge in [-0.3, -0.25) is 4.79 Å². The molecular formula is C9H15NO6. The van der Waals surface area contributed by atoms with E-state index in [1.807, 2.05) is 0 Å². The quantitative estimate of drug-likeness (QED) is 0.470. The number of hydrogen-bond donors (Lipinski definition) is 2. The molecule has 1 unspecified atom stereocenters. The van der Waals surface area contributed by atoms with Crippen molar-refractivity contribution in [1.29, 1.82) is 0 Å². The molecule has 1 rings (SSSR count). The molecule has 0 fully saturated rings. The number of aliphatic imine (C=N–C) groups is 1. The molecular weight excluding hydrogens is 218 g/mol. The molecule has 0 amide bonds. The number of esters is 1. The van der Waals surface area contributed by atoms with E-state index in [1.54, 1.807) is 6.92 Å². The van der Waals surface area contributed by atoms with Crippen LogP contribution in [0.3, 0.4) is 0 Å². The Labute approximate surface area is 92.6 Å². The highest BCUT2D eigenvalue weighted by atomic mass is 17.2. The van der Waals surface area contributed by atoms with Gasteiger partial charge in [0.25, 0.3) is 0 Å². The van der Waals surface area contributed by atoms with Gasteiger partial charge in [0, 0.05) is 13.8 Å². The van der Waals surface area contributed by atoms with Crippen molar-refractivity contribution < 1.29 is 29.5 Å². The van der Waals surface area contributed by atoms with Crippen LogP contribution < -0.4 is 0 Å². The molecule has 2 N–H and O–H groups in total. The Morgan fingerprint density at radius 2 is 2.31 bits per heavy atom. The fourth-order valence-corrected chi connectivity index (χ4v) is 1.12. The van der Waals surface area contributed by atoms with Crippen molar-refractivity contribution in [2.24, 2.45) is 4.99 Å². The number of carbonyl (C=O) groups excluding carboxylic acids is 1. The van der Waals surface area contributed by atoms with E-state index in [4.69, 9.17) is 9.78 Å². The van der Waals surface area contributed by atoms with Gasteiger partial charge in [-0.2, -0.15) is 4.89 Å². The summed E-state index contributed by atoms with van der Waals surface area (Å²) < 4.78 is 4.68. The van der Waals surface area contributed by atoms with E-state index < -0.39 is 24.3 Å². The van der Waals surface area contributed by atoms with E-state index >= 15 is 0 Å². The fraction of sp³-hybridized carbons (Fsp3) is 0.778. The number of carbonyl (C=O) groups is 1. The van der Waals surface area contributed by atoms with Gasteiger partial charge in [0.15, 0.2) is 6.10 Å². The molecule has 16 heavy (non-hydrogen) atoms. The number of ether oxygens (including phenoxy) is 1. The maximum atomic E-state index is 10.6. The minimum absolute atomic E-state index is 0.00688. The molecule has 3 atom stereocenters. The lowest BCUT2D eigenvalue weighted by Crippen LogP contribution is -2.45.